The first-order chi connectivity index (χ1) is 12.6. The van der Waals surface area contributed by atoms with Crippen molar-refractivity contribution in [2.75, 3.05) is 5.32 Å². The molecular weight excluding hydrogens is 346 g/mol. The summed E-state index contributed by atoms with van der Waals surface area (Å²) in [4.78, 5) is 9.88. The Hall–Kier alpha value is -3.12. The fourth-order valence-electron chi connectivity index (χ4n) is 2.71. The Kier molecular flexibility index (Phi) is 4.18. The number of benzene rings is 2. The molecule has 0 fully saturated rings. The summed E-state index contributed by atoms with van der Waals surface area (Å²) < 4.78 is 0.992. The molecule has 0 radical (unpaired) electrons. The summed E-state index contributed by atoms with van der Waals surface area (Å²) in [5.41, 5.74) is 4.14. The average molecular weight is 363 g/mol. The lowest BCUT2D eigenvalue weighted by molar-refractivity contribution is 0.403. The first kappa shape index (κ1) is 16.4. The number of thiophene rings is 1. The minimum atomic E-state index is -0.130. The highest BCUT2D eigenvalue weighted by Crippen LogP contribution is 2.36. The normalized spacial score (nSPS) is 11.0. The van der Waals surface area contributed by atoms with E-state index in [4.69, 9.17) is 0 Å². The molecule has 0 aliphatic carbocycles. The summed E-state index contributed by atoms with van der Waals surface area (Å²) in [5, 5.41) is 22.3. The van der Waals surface area contributed by atoms with Crippen LogP contribution >= 0.6 is 11.3 Å². The topological polar surface area (TPSA) is 78.3 Å². The molecule has 3 N–H and O–H groups in total. The Labute approximate surface area is 154 Å². The van der Waals surface area contributed by atoms with Gasteiger partial charge in [0.15, 0.2) is 11.5 Å². The number of aromatic hydroxyl groups is 2. The monoisotopic (exact) mass is 363 g/mol. The third-order valence-electron chi connectivity index (χ3n) is 4.15. The van der Waals surface area contributed by atoms with Crippen molar-refractivity contribution in [3.05, 3.63) is 66.0 Å². The van der Waals surface area contributed by atoms with Crippen molar-refractivity contribution in [2.24, 2.45) is 0 Å². The molecule has 2 heterocycles. The first-order valence-electron chi connectivity index (χ1n) is 8.16. The number of hydrogen-bond acceptors (Lipinski definition) is 6. The third kappa shape index (κ3) is 3.19. The van der Waals surface area contributed by atoms with Crippen LogP contribution in [0.4, 0.5) is 5.82 Å². The Balaban J connectivity index is 1.63. The SMILES string of the molecule is Cc1ccc(-c2cc3ncnc(NCc4ccc(O)c(O)c4)c3s2)cc1. The molecule has 130 valence electrons. The number of aryl methyl sites for hydroxylation is 1. The fraction of sp³-hybridized carbons (Fsp3) is 0.100. The van der Waals surface area contributed by atoms with Crippen LogP contribution in [-0.2, 0) is 6.54 Å². The molecule has 26 heavy (non-hydrogen) atoms. The van der Waals surface area contributed by atoms with Crippen LogP contribution < -0.4 is 5.32 Å². The molecule has 0 aliphatic heterocycles. The van der Waals surface area contributed by atoms with E-state index in [-0.39, 0.29) is 11.5 Å². The van der Waals surface area contributed by atoms with Crippen molar-refractivity contribution in [3.63, 3.8) is 0 Å². The number of nitrogens with zero attached hydrogens (tertiary/aromatic N) is 2. The van der Waals surface area contributed by atoms with Crippen molar-refractivity contribution in [2.45, 2.75) is 13.5 Å². The van der Waals surface area contributed by atoms with Crippen LogP contribution in [0, 0.1) is 6.92 Å². The van der Waals surface area contributed by atoms with Crippen LogP contribution in [0.2, 0.25) is 0 Å². The van der Waals surface area contributed by atoms with Crippen LogP contribution in [0.5, 0.6) is 11.5 Å². The molecule has 0 spiro atoms. The maximum Gasteiger partial charge on any atom is 0.157 e. The van der Waals surface area contributed by atoms with Crippen LogP contribution in [-0.4, -0.2) is 20.2 Å². The standard InChI is InChI=1S/C20H17N3O2S/c1-12-2-5-14(6-3-12)18-9-15-19(26-18)20(23-11-22-15)21-10-13-4-7-16(24)17(25)8-13/h2-9,11,24-25H,10H2,1H3,(H,21,22,23). The molecular formula is C20H17N3O2S. The minimum absolute atomic E-state index is 0.126. The van der Waals surface area contributed by atoms with E-state index >= 15 is 0 Å². The van der Waals surface area contributed by atoms with Gasteiger partial charge in [-0.25, -0.2) is 9.97 Å². The van der Waals surface area contributed by atoms with Gasteiger partial charge < -0.3 is 15.5 Å². The molecule has 4 rings (SSSR count). The summed E-state index contributed by atoms with van der Waals surface area (Å²) >= 11 is 1.65. The van der Waals surface area contributed by atoms with Gasteiger partial charge in [-0.3, -0.25) is 0 Å². The van der Waals surface area contributed by atoms with Crippen molar-refractivity contribution < 1.29 is 10.2 Å². The number of nitrogens with one attached hydrogen (secondary N) is 1. The Morgan fingerprint density at radius 1 is 0.962 bits per heavy atom. The molecule has 5 nitrogen and oxygen atoms in total. The molecule has 0 saturated carbocycles. The molecule has 0 amide bonds. The number of anilines is 1. The lowest BCUT2D eigenvalue weighted by Gasteiger charge is -2.07. The summed E-state index contributed by atoms with van der Waals surface area (Å²) in [7, 11) is 0. The maximum absolute atomic E-state index is 9.62. The zero-order valence-electron chi connectivity index (χ0n) is 14.1. The summed E-state index contributed by atoms with van der Waals surface area (Å²) in [6.07, 6.45) is 1.55. The second-order valence-electron chi connectivity index (χ2n) is 6.09. The van der Waals surface area contributed by atoms with Crippen molar-refractivity contribution in [3.8, 4) is 21.9 Å². The number of hydrogen-bond donors (Lipinski definition) is 3. The predicted octanol–water partition coefficient (Wildman–Crippen LogP) is 4.69. The molecule has 0 saturated heterocycles. The first-order valence-corrected chi connectivity index (χ1v) is 8.98. The van der Waals surface area contributed by atoms with E-state index in [0.29, 0.717) is 6.54 Å². The second kappa shape index (κ2) is 6.65. The average Bonchev–Trinajstić information content (AvgIpc) is 3.08. The number of aromatic nitrogens is 2. The molecule has 4 aromatic rings. The number of rotatable bonds is 4. The number of phenolic OH excluding ortho intramolecular Hbond substituents is 2. The van der Waals surface area contributed by atoms with Crippen LogP contribution in [0.15, 0.2) is 54.9 Å². The number of fused-ring (bicyclic) bond motifs is 1. The van der Waals surface area contributed by atoms with Crippen LogP contribution in [0.25, 0.3) is 20.7 Å². The van der Waals surface area contributed by atoms with Gasteiger partial charge in [0.1, 0.15) is 12.1 Å². The Morgan fingerprint density at radius 2 is 1.77 bits per heavy atom. The summed E-state index contributed by atoms with van der Waals surface area (Å²) in [5.74, 6) is 0.500. The highest BCUT2D eigenvalue weighted by Gasteiger charge is 2.10. The highest BCUT2D eigenvalue weighted by atomic mass is 32.1. The van der Waals surface area contributed by atoms with E-state index in [9.17, 15) is 10.2 Å². The quantitative estimate of drug-likeness (QED) is 0.459. The van der Waals surface area contributed by atoms with Gasteiger partial charge in [0.05, 0.1) is 10.2 Å². The summed E-state index contributed by atoms with van der Waals surface area (Å²) in [6, 6.07) is 15.3. The predicted molar refractivity (Wildman–Crippen MR) is 105 cm³/mol. The van der Waals surface area contributed by atoms with E-state index in [0.717, 1.165) is 32.0 Å². The van der Waals surface area contributed by atoms with Gasteiger partial charge in [0, 0.05) is 11.4 Å². The van der Waals surface area contributed by atoms with Gasteiger partial charge in [-0.05, 0) is 36.2 Å². The third-order valence-corrected chi connectivity index (χ3v) is 5.33. The van der Waals surface area contributed by atoms with Crippen molar-refractivity contribution in [1.29, 1.82) is 0 Å². The van der Waals surface area contributed by atoms with Crippen LogP contribution in [0.3, 0.4) is 0 Å². The lowest BCUT2D eigenvalue weighted by Crippen LogP contribution is -2.01. The summed E-state index contributed by atoms with van der Waals surface area (Å²) in [6.45, 7) is 2.56. The van der Waals surface area contributed by atoms with Crippen molar-refractivity contribution >= 4 is 27.4 Å². The van der Waals surface area contributed by atoms with E-state index in [1.165, 1.54) is 17.7 Å². The largest absolute Gasteiger partial charge is 0.504 e. The van der Waals surface area contributed by atoms with Gasteiger partial charge in [-0.2, -0.15) is 0 Å². The molecule has 2 aromatic carbocycles. The Morgan fingerprint density at radius 3 is 2.54 bits per heavy atom. The smallest absolute Gasteiger partial charge is 0.157 e. The molecule has 0 atom stereocenters. The highest BCUT2D eigenvalue weighted by molar-refractivity contribution is 7.22. The minimum Gasteiger partial charge on any atom is -0.504 e. The molecule has 6 heteroatoms. The Bertz CT molecular complexity index is 1070. The van der Waals surface area contributed by atoms with Crippen LogP contribution in [0.1, 0.15) is 11.1 Å². The van der Waals surface area contributed by atoms with Crippen molar-refractivity contribution in [1.82, 2.24) is 9.97 Å². The zero-order chi connectivity index (χ0) is 18.1. The second-order valence-corrected chi connectivity index (χ2v) is 7.14. The van der Waals surface area contributed by atoms with Gasteiger partial charge >= 0.3 is 0 Å². The van der Waals surface area contributed by atoms with E-state index < -0.39 is 0 Å². The maximum atomic E-state index is 9.62. The van der Waals surface area contributed by atoms with Gasteiger partial charge in [0.25, 0.3) is 0 Å². The van der Waals surface area contributed by atoms with E-state index in [1.54, 1.807) is 23.7 Å². The molecule has 2 aromatic heterocycles. The van der Waals surface area contributed by atoms with E-state index in [1.807, 2.05) is 0 Å². The van der Waals surface area contributed by atoms with Gasteiger partial charge in [-0.1, -0.05) is 35.9 Å². The lowest BCUT2D eigenvalue weighted by atomic mass is 10.1. The zero-order valence-corrected chi connectivity index (χ0v) is 14.9. The van der Waals surface area contributed by atoms with Gasteiger partial charge in [0.2, 0.25) is 0 Å². The fourth-order valence-corrected chi connectivity index (χ4v) is 3.79. The molecule has 0 unspecified atom stereocenters. The van der Waals surface area contributed by atoms with E-state index in [2.05, 4.69) is 52.5 Å². The van der Waals surface area contributed by atoms with Gasteiger partial charge in [-0.15, -0.1) is 11.3 Å². The number of phenols is 2. The molecule has 0 bridgehead atoms. The molecule has 0 aliphatic rings.